The van der Waals surface area contributed by atoms with Gasteiger partial charge in [0.1, 0.15) is 17.9 Å². The first-order valence-corrected chi connectivity index (χ1v) is 18.6. The fourth-order valence-corrected chi connectivity index (χ4v) is 8.02. The highest BCUT2D eigenvalue weighted by Gasteiger charge is 2.49. The summed E-state index contributed by atoms with van der Waals surface area (Å²) < 4.78 is 15.1. The van der Waals surface area contributed by atoms with Crippen LogP contribution in [0.25, 0.3) is 21.5 Å². The number of Topliss-reactive ketones (excluding diaryl/α,β-unsaturated/α-hetero) is 1. The van der Waals surface area contributed by atoms with E-state index in [0.29, 0.717) is 6.42 Å². The van der Waals surface area contributed by atoms with Gasteiger partial charge in [-0.05, 0) is 79.8 Å². The van der Waals surface area contributed by atoms with E-state index in [4.69, 9.17) is 9.47 Å². The van der Waals surface area contributed by atoms with Crippen molar-refractivity contribution in [3.05, 3.63) is 132 Å². The lowest BCUT2D eigenvalue weighted by Gasteiger charge is -2.29. The summed E-state index contributed by atoms with van der Waals surface area (Å²) in [5.41, 5.74) is 5.99. The molecular formula is C46H53N2O3+. The van der Waals surface area contributed by atoms with Crippen LogP contribution in [0.2, 0.25) is 0 Å². The quantitative estimate of drug-likeness (QED) is 0.0711. The maximum absolute atomic E-state index is 11.5. The molecule has 0 saturated heterocycles. The number of ketones is 1. The van der Waals surface area contributed by atoms with E-state index in [1.165, 1.54) is 44.0 Å². The topological polar surface area (TPSA) is 41.8 Å². The Balaban J connectivity index is 1.28. The summed E-state index contributed by atoms with van der Waals surface area (Å²) in [6.45, 7) is 10.1. The summed E-state index contributed by atoms with van der Waals surface area (Å²) in [5, 5.41) is 4.90. The molecule has 4 aromatic carbocycles. The molecule has 2 aliphatic heterocycles. The lowest BCUT2D eigenvalue weighted by Crippen LogP contribution is -2.33. The number of allylic oxidation sites excluding steroid dienone is 6. The van der Waals surface area contributed by atoms with Crippen molar-refractivity contribution >= 4 is 44.4 Å². The molecule has 0 bridgehead atoms. The summed E-state index contributed by atoms with van der Waals surface area (Å²) in [6, 6.07) is 26.1. The first kappa shape index (κ1) is 36.2. The first-order chi connectivity index (χ1) is 24.8. The number of methoxy groups -OCH3 is 2. The van der Waals surface area contributed by atoms with Gasteiger partial charge in [0.2, 0.25) is 11.4 Å². The van der Waals surface area contributed by atoms with Gasteiger partial charge in [-0.3, -0.25) is 0 Å². The number of fused-ring (bicyclic) bond motifs is 6. The summed E-state index contributed by atoms with van der Waals surface area (Å²) in [6.07, 6.45) is 20.7. The number of nitrogens with zero attached hydrogens (tertiary/aromatic N) is 2. The van der Waals surface area contributed by atoms with Crippen molar-refractivity contribution in [1.29, 1.82) is 0 Å². The van der Waals surface area contributed by atoms with E-state index in [2.05, 4.69) is 146 Å². The monoisotopic (exact) mass is 681 g/mol. The Morgan fingerprint density at radius 2 is 1.39 bits per heavy atom. The van der Waals surface area contributed by atoms with E-state index >= 15 is 0 Å². The van der Waals surface area contributed by atoms with Gasteiger partial charge in [0.05, 0.1) is 11.3 Å². The van der Waals surface area contributed by atoms with Crippen molar-refractivity contribution in [3.8, 4) is 0 Å². The minimum atomic E-state index is -0.603. The molecule has 0 radical (unpaired) electrons. The second-order valence-corrected chi connectivity index (χ2v) is 14.1. The Bertz CT molecular complexity index is 2070. The Labute approximate surface area is 304 Å². The molecule has 264 valence electrons. The van der Waals surface area contributed by atoms with Crippen molar-refractivity contribution < 1.29 is 18.8 Å². The fourth-order valence-electron chi connectivity index (χ4n) is 8.02. The molecule has 0 amide bonds. The van der Waals surface area contributed by atoms with E-state index in [1.807, 2.05) is 14.2 Å². The zero-order valence-corrected chi connectivity index (χ0v) is 31.2. The number of carbonyl (C=O) groups excluding carboxylic acids is 1. The minimum Gasteiger partial charge on any atom is -0.367 e. The van der Waals surface area contributed by atoms with Gasteiger partial charge in [0.25, 0.3) is 0 Å². The Kier molecular flexibility index (Phi) is 11.2. The average Bonchev–Trinajstić information content (AvgIpc) is 3.54. The zero-order chi connectivity index (χ0) is 36.0. The van der Waals surface area contributed by atoms with Gasteiger partial charge < -0.3 is 19.2 Å². The maximum Gasteiger partial charge on any atom is 0.218 e. The highest BCUT2D eigenvalue weighted by Crippen LogP contribution is 2.51. The molecule has 0 aliphatic carbocycles. The third kappa shape index (κ3) is 6.90. The predicted molar refractivity (Wildman–Crippen MR) is 213 cm³/mol. The number of ether oxygens (including phenoxy) is 2. The third-order valence-corrected chi connectivity index (χ3v) is 10.8. The Hall–Kier alpha value is -4.58. The minimum absolute atomic E-state index is 0.260. The van der Waals surface area contributed by atoms with Crippen LogP contribution in [0.5, 0.6) is 0 Å². The molecule has 5 nitrogen and oxygen atoms in total. The molecule has 2 aliphatic rings. The van der Waals surface area contributed by atoms with Crippen LogP contribution in [0.4, 0.5) is 11.4 Å². The van der Waals surface area contributed by atoms with Crippen LogP contribution < -0.4 is 4.90 Å². The molecule has 0 fully saturated rings. The summed E-state index contributed by atoms with van der Waals surface area (Å²) in [5.74, 6) is 0.260. The number of rotatable bonds is 15. The number of anilines is 1. The van der Waals surface area contributed by atoms with E-state index in [9.17, 15) is 4.79 Å². The smallest absolute Gasteiger partial charge is 0.218 e. The largest absolute Gasteiger partial charge is 0.367 e. The normalized spacial score (nSPS) is 21.1. The van der Waals surface area contributed by atoms with Gasteiger partial charge in [0, 0.05) is 57.0 Å². The predicted octanol–water partition coefficient (Wildman–Crippen LogP) is 10.8. The van der Waals surface area contributed by atoms with Crippen LogP contribution in [0.3, 0.4) is 0 Å². The highest BCUT2D eigenvalue weighted by molar-refractivity contribution is 6.07. The van der Waals surface area contributed by atoms with Crippen LogP contribution in [0, 0.1) is 0 Å². The third-order valence-electron chi connectivity index (χ3n) is 10.8. The zero-order valence-electron chi connectivity index (χ0n) is 31.2. The van der Waals surface area contributed by atoms with Crippen molar-refractivity contribution in [2.45, 2.75) is 77.4 Å². The van der Waals surface area contributed by atoms with E-state index < -0.39 is 11.2 Å². The SMILES string of the molecule is CCCCN1C(=CC=CC=CC=CC2=[N+](CCCCCC(C)=O)c3ccc4ccccc4c3C2(C)OC)C(C)(OC)c2c1ccc1ccccc21. The highest BCUT2D eigenvalue weighted by atomic mass is 16.5. The number of hydrogen-bond acceptors (Lipinski definition) is 4. The summed E-state index contributed by atoms with van der Waals surface area (Å²) >= 11 is 0. The number of hydrogen-bond donors (Lipinski definition) is 0. The van der Waals surface area contributed by atoms with Crippen LogP contribution in [-0.4, -0.2) is 43.4 Å². The van der Waals surface area contributed by atoms with E-state index in [0.717, 1.165) is 56.6 Å². The van der Waals surface area contributed by atoms with Crippen LogP contribution in [0.15, 0.2) is 121 Å². The van der Waals surface area contributed by atoms with Gasteiger partial charge >= 0.3 is 0 Å². The molecule has 6 rings (SSSR count). The molecule has 0 N–H and O–H groups in total. The lowest BCUT2D eigenvalue weighted by molar-refractivity contribution is -0.439. The van der Waals surface area contributed by atoms with Crippen LogP contribution in [0.1, 0.15) is 77.3 Å². The van der Waals surface area contributed by atoms with Crippen molar-refractivity contribution in [2.75, 3.05) is 32.2 Å². The van der Waals surface area contributed by atoms with Crippen molar-refractivity contribution in [3.63, 3.8) is 0 Å². The van der Waals surface area contributed by atoms with Gasteiger partial charge in [-0.15, -0.1) is 0 Å². The van der Waals surface area contributed by atoms with Gasteiger partial charge in [-0.1, -0.05) is 98.3 Å². The number of carbonyl (C=O) groups is 1. The second-order valence-electron chi connectivity index (χ2n) is 14.1. The number of benzene rings is 4. The first-order valence-electron chi connectivity index (χ1n) is 18.6. The molecule has 2 heterocycles. The molecule has 2 atom stereocenters. The molecule has 5 heteroatoms. The summed E-state index contributed by atoms with van der Waals surface area (Å²) in [4.78, 5) is 14.0. The van der Waals surface area contributed by atoms with Gasteiger partial charge in [-0.25, -0.2) is 0 Å². The molecule has 0 saturated carbocycles. The molecular weight excluding hydrogens is 629 g/mol. The van der Waals surface area contributed by atoms with Crippen LogP contribution in [-0.2, 0) is 25.5 Å². The molecule has 2 unspecified atom stereocenters. The van der Waals surface area contributed by atoms with E-state index in [-0.39, 0.29) is 5.78 Å². The Morgan fingerprint density at radius 1 is 0.745 bits per heavy atom. The second kappa shape index (κ2) is 15.8. The maximum atomic E-state index is 11.5. The van der Waals surface area contributed by atoms with Crippen molar-refractivity contribution in [1.82, 2.24) is 0 Å². The van der Waals surface area contributed by atoms with E-state index in [1.54, 1.807) is 6.92 Å². The van der Waals surface area contributed by atoms with Crippen LogP contribution >= 0.6 is 0 Å². The lowest BCUT2D eigenvalue weighted by atomic mass is 9.88. The molecule has 4 aromatic rings. The average molecular weight is 682 g/mol. The molecule has 0 aromatic heterocycles. The molecule has 51 heavy (non-hydrogen) atoms. The molecule has 0 spiro atoms. The Morgan fingerprint density at radius 3 is 2.08 bits per heavy atom. The van der Waals surface area contributed by atoms with Gasteiger partial charge in [0.15, 0.2) is 5.60 Å². The van der Waals surface area contributed by atoms with Crippen molar-refractivity contribution in [2.24, 2.45) is 0 Å². The summed E-state index contributed by atoms with van der Waals surface area (Å²) in [7, 11) is 3.63. The number of unbranched alkanes of at least 4 members (excludes halogenated alkanes) is 3. The fraction of sp³-hybridized carbons (Fsp3) is 0.348. The standard InChI is InChI=1S/C46H53N2O3/c1-7-8-32-47-39-30-28-35-22-16-18-24-37(35)43(39)45(3,50-5)41(47)26-14-10-9-11-15-27-42-46(4,51-6)44-38-25-19-17-23-36(38)29-31-40(44)48(42)33-20-12-13-21-34(2)49/h9-11,14-19,22-31H,7-8,12-13,20-21,32-33H2,1-6H3/q+1. The van der Waals surface area contributed by atoms with Gasteiger partial charge in [-0.2, -0.15) is 4.58 Å².